The number of methoxy groups -OCH3 is 1. The van der Waals surface area contributed by atoms with Gasteiger partial charge in [-0.05, 0) is 17.4 Å². The van der Waals surface area contributed by atoms with Gasteiger partial charge in [-0.2, -0.15) is 0 Å². The van der Waals surface area contributed by atoms with Crippen molar-refractivity contribution in [2.45, 2.75) is 26.3 Å². The number of benzene rings is 2. The Hall–Kier alpha value is -1.55. The van der Waals surface area contributed by atoms with E-state index >= 15 is 0 Å². The molecular weight excluding hydrogens is 349 g/mol. The van der Waals surface area contributed by atoms with Gasteiger partial charge in [0.1, 0.15) is 11.8 Å². The topological polar surface area (TPSA) is 64.6 Å². The van der Waals surface area contributed by atoms with Gasteiger partial charge in [0.05, 0.1) is 7.11 Å². The van der Waals surface area contributed by atoms with Gasteiger partial charge in [-0.15, -0.1) is 0 Å². The fraction of sp³-hybridized carbons (Fsp3) is 0.353. The molecule has 24 heavy (non-hydrogen) atoms. The number of esters is 1. The third kappa shape index (κ3) is 4.50. The van der Waals surface area contributed by atoms with Crippen LogP contribution in [0.5, 0.6) is 5.75 Å². The molecule has 130 valence electrons. The Labute approximate surface area is 146 Å². The number of carbonyl (C=O) groups excluding carboxylic acids is 1. The molecule has 5 nitrogen and oxygen atoms in total. The normalized spacial score (nSPS) is 16.2. The minimum absolute atomic E-state index is 0.111. The van der Waals surface area contributed by atoms with E-state index in [0.717, 1.165) is 10.8 Å². The number of halogens is 1. The summed E-state index contributed by atoms with van der Waals surface area (Å²) in [5, 5.41) is 4.37. The van der Waals surface area contributed by atoms with Gasteiger partial charge in [0.2, 0.25) is 0 Å². The standard InChI is InChI=1S/C17H21ClNO4P/c1-4-12(2)16(17(20)22-3)19-24(18,21)23-15-11-7-9-13-8-5-6-10-14(13)15/h5-12,16H,4H2,1-3H3,(H,19,21)/t12-,16-,24?/m0/s1. The minimum atomic E-state index is -3.79. The first-order valence-electron chi connectivity index (χ1n) is 7.70. The van der Waals surface area contributed by atoms with Crippen LogP contribution < -0.4 is 9.61 Å². The first-order chi connectivity index (χ1) is 11.4. The molecule has 2 rings (SSSR count). The SMILES string of the molecule is CC[C@H](C)[C@H](NP(=O)(Cl)Oc1cccc2ccccc12)C(=O)OC. The minimum Gasteiger partial charge on any atom is -0.468 e. The summed E-state index contributed by atoms with van der Waals surface area (Å²) >= 11 is 6.08. The van der Waals surface area contributed by atoms with Crippen LogP contribution in [-0.2, 0) is 14.1 Å². The Morgan fingerprint density at radius 2 is 1.92 bits per heavy atom. The van der Waals surface area contributed by atoms with Gasteiger partial charge in [0, 0.05) is 16.6 Å². The van der Waals surface area contributed by atoms with Crippen LogP contribution in [0.25, 0.3) is 10.8 Å². The smallest absolute Gasteiger partial charge is 0.409 e. The summed E-state index contributed by atoms with van der Waals surface area (Å²) in [5.41, 5.74) is 0. The number of hydrogen-bond donors (Lipinski definition) is 1. The molecule has 0 heterocycles. The van der Waals surface area contributed by atoms with Crippen LogP contribution in [0.1, 0.15) is 20.3 Å². The molecule has 2 aromatic rings. The molecular formula is C17H21ClNO4P. The molecule has 7 heteroatoms. The molecule has 0 aliphatic heterocycles. The van der Waals surface area contributed by atoms with E-state index in [4.69, 9.17) is 20.5 Å². The van der Waals surface area contributed by atoms with Gasteiger partial charge in [-0.1, -0.05) is 56.7 Å². The summed E-state index contributed by atoms with van der Waals surface area (Å²) in [6.07, 6.45) is 0.692. The van der Waals surface area contributed by atoms with E-state index in [9.17, 15) is 9.36 Å². The highest BCUT2D eigenvalue weighted by molar-refractivity contribution is 7.84. The van der Waals surface area contributed by atoms with Gasteiger partial charge < -0.3 is 9.26 Å². The summed E-state index contributed by atoms with van der Waals surface area (Å²) in [6.45, 7) is -0.0134. The first kappa shape index (κ1) is 18.8. The van der Waals surface area contributed by atoms with Gasteiger partial charge >= 0.3 is 12.8 Å². The Morgan fingerprint density at radius 3 is 2.58 bits per heavy atom. The lowest BCUT2D eigenvalue weighted by Crippen LogP contribution is -2.40. The van der Waals surface area contributed by atoms with Crippen molar-refractivity contribution in [3.05, 3.63) is 42.5 Å². The maximum absolute atomic E-state index is 12.7. The van der Waals surface area contributed by atoms with Crippen LogP contribution in [0.4, 0.5) is 0 Å². The number of nitrogens with one attached hydrogen (secondary N) is 1. The third-order valence-electron chi connectivity index (χ3n) is 3.93. The number of fused-ring (bicyclic) bond motifs is 1. The van der Waals surface area contributed by atoms with E-state index in [0.29, 0.717) is 12.2 Å². The number of rotatable bonds is 7. The van der Waals surface area contributed by atoms with Crippen LogP contribution in [0.2, 0.25) is 0 Å². The highest BCUT2D eigenvalue weighted by Gasteiger charge is 2.34. The molecule has 0 fully saturated rings. The average Bonchev–Trinajstić information content (AvgIpc) is 2.58. The number of hydrogen-bond acceptors (Lipinski definition) is 4. The number of ether oxygens (including phenoxy) is 1. The largest absolute Gasteiger partial charge is 0.468 e. The summed E-state index contributed by atoms with van der Waals surface area (Å²) in [7, 11) is 1.28. The van der Waals surface area contributed by atoms with Crippen molar-refractivity contribution < 1.29 is 18.6 Å². The van der Waals surface area contributed by atoms with Gasteiger partial charge in [0.25, 0.3) is 0 Å². The van der Waals surface area contributed by atoms with E-state index in [-0.39, 0.29) is 5.92 Å². The molecule has 1 unspecified atom stereocenters. The molecule has 0 amide bonds. The van der Waals surface area contributed by atoms with Crippen molar-refractivity contribution >= 4 is 34.9 Å². The fourth-order valence-corrected chi connectivity index (χ4v) is 4.06. The van der Waals surface area contributed by atoms with E-state index < -0.39 is 18.9 Å². The summed E-state index contributed by atoms with van der Waals surface area (Å²) in [4.78, 5) is 11.9. The molecule has 0 aliphatic carbocycles. The van der Waals surface area contributed by atoms with Crippen LogP contribution >= 0.6 is 18.1 Å². The second kappa shape index (κ2) is 8.02. The summed E-state index contributed by atoms with van der Waals surface area (Å²) < 4.78 is 23.0. The van der Waals surface area contributed by atoms with Crippen molar-refractivity contribution in [3.8, 4) is 5.75 Å². The summed E-state index contributed by atoms with van der Waals surface area (Å²) in [5.74, 6) is -0.237. The molecule has 0 radical (unpaired) electrons. The Balaban J connectivity index is 2.26. The molecule has 1 N–H and O–H groups in total. The number of carbonyl (C=O) groups is 1. The fourth-order valence-electron chi connectivity index (χ4n) is 2.37. The Morgan fingerprint density at radius 1 is 1.25 bits per heavy atom. The maximum atomic E-state index is 12.7. The molecule has 0 aliphatic rings. The van der Waals surface area contributed by atoms with Crippen molar-refractivity contribution in [3.63, 3.8) is 0 Å². The zero-order valence-corrected chi connectivity index (χ0v) is 15.5. The molecule has 2 aromatic carbocycles. The van der Waals surface area contributed by atoms with Crippen LogP contribution in [0.3, 0.4) is 0 Å². The lowest BCUT2D eigenvalue weighted by atomic mass is 10.0. The molecule has 0 bridgehead atoms. The van der Waals surface area contributed by atoms with Gasteiger partial charge in [0.15, 0.2) is 0 Å². The van der Waals surface area contributed by atoms with Crippen molar-refractivity contribution in [2.24, 2.45) is 5.92 Å². The maximum Gasteiger partial charge on any atom is 0.409 e. The lowest BCUT2D eigenvalue weighted by molar-refractivity contribution is -0.143. The highest BCUT2D eigenvalue weighted by atomic mass is 35.7. The van der Waals surface area contributed by atoms with Crippen molar-refractivity contribution in [2.75, 3.05) is 7.11 Å². The Bertz CT molecular complexity index is 762. The zero-order valence-electron chi connectivity index (χ0n) is 13.9. The van der Waals surface area contributed by atoms with Crippen molar-refractivity contribution in [1.82, 2.24) is 5.09 Å². The zero-order chi connectivity index (χ0) is 17.7. The first-order valence-corrected chi connectivity index (χ1v) is 10.2. The highest BCUT2D eigenvalue weighted by Crippen LogP contribution is 2.50. The third-order valence-corrected chi connectivity index (χ3v) is 5.44. The Kier molecular flexibility index (Phi) is 6.27. The van der Waals surface area contributed by atoms with Gasteiger partial charge in [-0.3, -0.25) is 4.79 Å². The van der Waals surface area contributed by atoms with E-state index in [2.05, 4.69) is 5.09 Å². The lowest BCUT2D eigenvalue weighted by Gasteiger charge is -2.24. The molecule has 0 spiro atoms. The quantitative estimate of drug-likeness (QED) is 0.564. The second-order valence-electron chi connectivity index (χ2n) is 5.56. The monoisotopic (exact) mass is 369 g/mol. The van der Waals surface area contributed by atoms with Crippen LogP contribution in [-0.4, -0.2) is 19.1 Å². The molecule has 0 saturated heterocycles. The van der Waals surface area contributed by atoms with Crippen molar-refractivity contribution in [1.29, 1.82) is 0 Å². The van der Waals surface area contributed by atoms with Crippen LogP contribution in [0.15, 0.2) is 42.5 Å². The molecule has 0 saturated carbocycles. The predicted octanol–water partition coefficient (Wildman–Crippen LogP) is 4.74. The van der Waals surface area contributed by atoms with E-state index in [1.807, 2.05) is 44.2 Å². The average molecular weight is 370 g/mol. The predicted molar refractivity (Wildman–Crippen MR) is 96.4 cm³/mol. The van der Waals surface area contributed by atoms with E-state index in [1.54, 1.807) is 12.1 Å². The molecule has 3 atom stereocenters. The van der Waals surface area contributed by atoms with Crippen LogP contribution in [0, 0.1) is 5.92 Å². The van der Waals surface area contributed by atoms with Gasteiger partial charge in [-0.25, -0.2) is 9.65 Å². The second-order valence-corrected chi connectivity index (χ2v) is 8.30. The molecule has 0 aromatic heterocycles. The van der Waals surface area contributed by atoms with E-state index in [1.165, 1.54) is 7.11 Å². The summed E-state index contributed by atoms with van der Waals surface area (Å²) in [6, 6.07) is 12.1.